The number of nitrogens with zero attached hydrogens (tertiary/aromatic N) is 1. The zero-order valence-corrected chi connectivity index (χ0v) is 14.0. The van der Waals surface area contributed by atoms with Crippen molar-refractivity contribution in [2.24, 2.45) is 5.92 Å². The number of anilines is 2. The molecule has 0 spiro atoms. The third-order valence-corrected chi connectivity index (χ3v) is 4.99. The van der Waals surface area contributed by atoms with Gasteiger partial charge in [0.15, 0.2) is 5.75 Å². The van der Waals surface area contributed by atoms with E-state index >= 15 is 0 Å². The molecule has 1 aliphatic carbocycles. The molecule has 6 heteroatoms. The van der Waals surface area contributed by atoms with Crippen molar-refractivity contribution in [3.8, 4) is 5.75 Å². The van der Waals surface area contributed by atoms with Gasteiger partial charge in [0.1, 0.15) is 15.6 Å². The molecule has 0 amide bonds. The van der Waals surface area contributed by atoms with E-state index in [1.54, 1.807) is 0 Å². The highest BCUT2D eigenvalue weighted by atomic mass is 32.1. The van der Waals surface area contributed by atoms with Crippen molar-refractivity contribution < 1.29 is 14.3 Å². The summed E-state index contributed by atoms with van der Waals surface area (Å²) in [6.07, 6.45) is 3.86. The topological polar surface area (TPSA) is 64.8 Å². The molecule has 0 unspecified atom stereocenters. The molecule has 1 aromatic heterocycles. The Kier molecular flexibility index (Phi) is 4.98. The van der Waals surface area contributed by atoms with Crippen molar-refractivity contribution in [1.29, 1.82) is 0 Å². The quantitative estimate of drug-likeness (QED) is 0.818. The minimum atomic E-state index is -0.408. The van der Waals surface area contributed by atoms with Crippen LogP contribution in [0, 0.1) is 5.92 Å². The van der Waals surface area contributed by atoms with E-state index in [-0.39, 0.29) is 6.10 Å². The Morgan fingerprint density at radius 3 is 2.62 bits per heavy atom. The first-order chi connectivity index (χ1) is 9.93. The van der Waals surface area contributed by atoms with Crippen molar-refractivity contribution >= 4 is 28.0 Å². The fourth-order valence-corrected chi connectivity index (χ4v) is 3.45. The number of hydrogen-bond acceptors (Lipinski definition) is 6. The number of nitrogen functional groups attached to an aromatic ring is 1. The summed E-state index contributed by atoms with van der Waals surface area (Å²) in [4.78, 5) is 14.4. The number of ether oxygens (including phenoxy) is 2. The molecule has 0 atom stereocenters. The number of hydrogen-bond donors (Lipinski definition) is 1. The van der Waals surface area contributed by atoms with Crippen LogP contribution in [0.4, 0.5) is 10.7 Å². The molecular weight excluding hydrogens is 288 g/mol. The summed E-state index contributed by atoms with van der Waals surface area (Å²) in [6.45, 7) is 4.87. The van der Waals surface area contributed by atoms with Crippen LogP contribution in [0.3, 0.4) is 0 Å². The molecule has 0 aromatic carbocycles. The largest absolute Gasteiger partial charge is 0.486 e. The second kappa shape index (κ2) is 6.56. The predicted octanol–water partition coefficient (Wildman–Crippen LogP) is 3.14. The average molecular weight is 312 g/mol. The second-order valence-corrected chi connectivity index (χ2v) is 6.81. The van der Waals surface area contributed by atoms with E-state index in [1.807, 2.05) is 20.9 Å². The van der Waals surface area contributed by atoms with Crippen molar-refractivity contribution in [1.82, 2.24) is 0 Å². The maximum absolute atomic E-state index is 11.8. The van der Waals surface area contributed by atoms with Crippen LogP contribution in [0.15, 0.2) is 0 Å². The van der Waals surface area contributed by atoms with Crippen molar-refractivity contribution in [3.63, 3.8) is 0 Å². The molecule has 1 fully saturated rings. The molecule has 1 saturated carbocycles. The molecule has 1 aliphatic rings. The lowest BCUT2D eigenvalue weighted by Crippen LogP contribution is -2.29. The second-order valence-electron chi connectivity index (χ2n) is 5.81. The van der Waals surface area contributed by atoms with Gasteiger partial charge in [-0.25, -0.2) is 4.79 Å². The summed E-state index contributed by atoms with van der Waals surface area (Å²) < 4.78 is 10.6. The van der Waals surface area contributed by atoms with Gasteiger partial charge in [0.05, 0.1) is 13.2 Å². The molecule has 0 saturated heterocycles. The summed E-state index contributed by atoms with van der Waals surface area (Å²) >= 11 is 1.35. The van der Waals surface area contributed by atoms with Gasteiger partial charge in [0, 0.05) is 13.6 Å². The van der Waals surface area contributed by atoms with Crippen molar-refractivity contribution in [2.45, 2.75) is 39.2 Å². The third-order valence-electron chi connectivity index (χ3n) is 3.71. The lowest BCUT2D eigenvalue weighted by atomic mass is 9.85. The molecule has 2 rings (SSSR count). The normalized spacial score (nSPS) is 14.9. The van der Waals surface area contributed by atoms with Crippen LogP contribution in [-0.4, -0.2) is 32.8 Å². The number of methoxy groups -OCH3 is 1. The first-order valence-corrected chi connectivity index (χ1v) is 8.14. The smallest absolute Gasteiger partial charge is 0.350 e. The lowest BCUT2D eigenvalue weighted by Gasteiger charge is -2.31. The number of rotatable bonds is 6. The summed E-state index contributed by atoms with van der Waals surface area (Å²) in [5.41, 5.74) is 6.49. The van der Waals surface area contributed by atoms with Crippen LogP contribution in [-0.2, 0) is 4.74 Å². The highest BCUT2D eigenvalue weighted by Gasteiger charge is 2.27. The first-order valence-electron chi connectivity index (χ1n) is 7.32. The van der Waals surface area contributed by atoms with Gasteiger partial charge in [-0.2, -0.15) is 0 Å². The molecule has 0 aliphatic heterocycles. The molecule has 118 valence electrons. The molecule has 1 aromatic rings. The standard InChI is InChI=1S/C15H24N2O3S/c1-9(2)20-12-11(16)13(15(18)19-4)21-14(12)17(3)8-10-6-5-7-10/h9-10H,5-8,16H2,1-4H3. The number of nitrogens with two attached hydrogens (primary N) is 1. The van der Waals surface area contributed by atoms with Crippen LogP contribution >= 0.6 is 11.3 Å². The molecule has 1 heterocycles. The van der Waals surface area contributed by atoms with Crippen LogP contribution in [0.1, 0.15) is 42.8 Å². The van der Waals surface area contributed by atoms with Gasteiger partial charge in [-0.1, -0.05) is 6.42 Å². The van der Waals surface area contributed by atoms with Gasteiger partial charge in [-0.3, -0.25) is 0 Å². The Hall–Kier alpha value is -1.43. The van der Waals surface area contributed by atoms with Gasteiger partial charge in [0.2, 0.25) is 0 Å². The van der Waals surface area contributed by atoms with Gasteiger partial charge < -0.3 is 20.1 Å². The Bertz CT molecular complexity index is 509. The molecule has 5 nitrogen and oxygen atoms in total. The Balaban J connectivity index is 2.29. The van der Waals surface area contributed by atoms with Gasteiger partial charge in [0.25, 0.3) is 0 Å². The van der Waals surface area contributed by atoms with Crippen LogP contribution in [0.2, 0.25) is 0 Å². The fourth-order valence-electron chi connectivity index (χ4n) is 2.41. The van der Waals surface area contributed by atoms with Gasteiger partial charge in [-0.15, -0.1) is 11.3 Å². The molecular formula is C15H24N2O3S. The number of esters is 1. The highest BCUT2D eigenvalue weighted by Crippen LogP contribution is 2.46. The number of carbonyl (C=O) groups is 1. The first kappa shape index (κ1) is 15.9. The van der Waals surface area contributed by atoms with Crippen molar-refractivity contribution in [3.05, 3.63) is 4.88 Å². The van der Waals surface area contributed by atoms with E-state index in [0.29, 0.717) is 16.3 Å². The number of thiophene rings is 1. The summed E-state index contributed by atoms with van der Waals surface area (Å²) in [6, 6.07) is 0. The van der Waals surface area contributed by atoms with E-state index in [1.165, 1.54) is 37.7 Å². The molecule has 0 radical (unpaired) electrons. The van der Waals surface area contributed by atoms with Gasteiger partial charge in [-0.05, 0) is 32.6 Å². The molecule has 2 N–H and O–H groups in total. The van der Waals surface area contributed by atoms with Crippen molar-refractivity contribution in [2.75, 3.05) is 31.3 Å². The van der Waals surface area contributed by atoms with E-state index in [0.717, 1.165) is 17.5 Å². The zero-order valence-electron chi connectivity index (χ0n) is 13.1. The van der Waals surface area contributed by atoms with E-state index in [9.17, 15) is 4.79 Å². The minimum absolute atomic E-state index is 0.00301. The van der Waals surface area contributed by atoms with Crippen LogP contribution < -0.4 is 15.4 Å². The Morgan fingerprint density at radius 1 is 1.48 bits per heavy atom. The average Bonchev–Trinajstić information content (AvgIpc) is 2.70. The van der Waals surface area contributed by atoms with E-state index in [4.69, 9.17) is 15.2 Å². The fraction of sp³-hybridized carbons (Fsp3) is 0.667. The van der Waals surface area contributed by atoms with E-state index < -0.39 is 5.97 Å². The van der Waals surface area contributed by atoms with Crippen LogP contribution in [0.25, 0.3) is 0 Å². The summed E-state index contributed by atoms with van der Waals surface area (Å²) in [5.74, 6) is 0.929. The maximum Gasteiger partial charge on any atom is 0.350 e. The minimum Gasteiger partial charge on any atom is -0.486 e. The molecule has 0 bridgehead atoms. The lowest BCUT2D eigenvalue weighted by molar-refractivity contribution is 0.0607. The SMILES string of the molecule is COC(=O)c1sc(N(C)CC2CCC2)c(OC(C)C)c1N. The maximum atomic E-state index is 11.8. The summed E-state index contributed by atoms with van der Waals surface area (Å²) in [5, 5.41) is 0.911. The highest BCUT2D eigenvalue weighted by molar-refractivity contribution is 7.19. The predicted molar refractivity (Wildman–Crippen MR) is 86.4 cm³/mol. The number of carbonyl (C=O) groups excluding carboxylic acids is 1. The third kappa shape index (κ3) is 3.43. The Labute approximate surface area is 130 Å². The summed E-state index contributed by atoms with van der Waals surface area (Å²) in [7, 11) is 3.39. The van der Waals surface area contributed by atoms with Crippen LogP contribution in [0.5, 0.6) is 5.75 Å². The van der Waals surface area contributed by atoms with E-state index in [2.05, 4.69) is 4.90 Å². The zero-order chi connectivity index (χ0) is 15.6. The monoisotopic (exact) mass is 312 g/mol. The van der Waals surface area contributed by atoms with Gasteiger partial charge >= 0.3 is 5.97 Å². The molecule has 21 heavy (non-hydrogen) atoms. The Morgan fingerprint density at radius 2 is 2.14 bits per heavy atom.